The zero-order chi connectivity index (χ0) is 22.3. The summed E-state index contributed by atoms with van der Waals surface area (Å²) in [6, 6.07) is 32.6. The fourth-order valence-corrected chi connectivity index (χ4v) is 2.94. The molecule has 0 amide bonds. The Kier molecular flexibility index (Phi) is 7.36. The molecule has 0 N–H and O–H groups in total. The summed E-state index contributed by atoms with van der Waals surface area (Å²) in [7, 11) is -3.27. The molecular weight excluding hydrogens is 420 g/mol. The molecule has 0 radical (unpaired) electrons. The van der Waals surface area contributed by atoms with Crippen LogP contribution in [-0.2, 0) is 0 Å². The molecule has 3 aromatic carbocycles. The second kappa shape index (κ2) is 10.2. The summed E-state index contributed by atoms with van der Waals surface area (Å²) in [5.74, 6) is 2.50. The van der Waals surface area contributed by atoms with E-state index in [9.17, 15) is 0 Å². The Hall–Kier alpha value is -3.26. The van der Waals surface area contributed by atoms with Gasteiger partial charge in [0.05, 0.1) is 30.4 Å². The lowest BCUT2D eigenvalue weighted by Crippen LogP contribution is -2.68. The molecule has 0 fully saturated rings. The summed E-state index contributed by atoms with van der Waals surface area (Å²) >= 11 is 0. The summed E-state index contributed by atoms with van der Waals surface area (Å²) in [4.78, 5) is 0. The SMILES string of the molecule is COc1ccc(-c2cc(-c3ccccc3)cc(-c3ccccc3)[o+]2)cc1.[O-][Cl+3]([O-])([O-])[O-]. The lowest BCUT2D eigenvalue weighted by atomic mass is 10.0. The summed E-state index contributed by atoms with van der Waals surface area (Å²) in [6.45, 7) is 0. The van der Waals surface area contributed by atoms with Crippen LogP contribution in [0.4, 0.5) is 0 Å². The van der Waals surface area contributed by atoms with E-state index in [-0.39, 0.29) is 0 Å². The van der Waals surface area contributed by atoms with Gasteiger partial charge in [0.25, 0.3) is 0 Å². The third kappa shape index (κ3) is 6.89. The van der Waals surface area contributed by atoms with E-state index in [0.717, 1.165) is 39.5 Å². The first-order valence-corrected chi connectivity index (χ1v) is 10.4. The van der Waals surface area contributed by atoms with E-state index in [2.05, 4.69) is 48.5 Å². The first-order chi connectivity index (χ1) is 14.8. The van der Waals surface area contributed by atoms with Crippen LogP contribution >= 0.6 is 0 Å². The molecule has 31 heavy (non-hydrogen) atoms. The lowest BCUT2D eigenvalue weighted by molar-refractivity contribution is -2.00. The largest absolute Gasteiger partial charge is 0.497 e. The summed E-state index contributed by atoms with van der Waals surface area (Å²) in [5, 5.41) is 0. The average Bonchev–Trinajstić information content (AvgIpc) is 2.79. The fourth-order valence-electron chi connectivity index (χ4n) is 2.94. The van der Waals surface area contributed by atoms with Crippen molar-refractivity contribution < 1.29 is 38.0 Å². The fraction of sp³-hybridized carbons (Fsp3) is 0.0417. The van der Waals surface area contributed by atoms with Gasteiger partial charge in [-0.1, -0.05) is 48.5 Å². The van der Waals surface area contributed by atoms with Crippen LogP contribution < -0.4 is 23.4 Å². The van der Waals surface area contributed by atoms with Gasteiger partial charge in [0, 0.05) is 5.56 Å². The highest BCUT2D eigenvalue weighted by atomic mass is 35.7. The van der Waals surface area contributed by atoms with Crippen molar-refractivity contribution in [1.29, 1.82) is 0 Å². The molecule has 0 saturated carbocycles. The van der Waals surface area contributed by atoms with E-state index in [0.29, 0.717) is 0 Å². The first kappa shape index (κ1) is 22.4. The predicted octanol–water partition coefficient (Wildman–Crippen LogP) is 1.81. The maximum Gasteiger partial charge on any atom is 0.361 e. The van der Waals surface area contributed by atoms with Crippen LogP contribution in [0.25, 0.3) is 33.8 Å². The quantitative estimate of drug-likeness (QED) is 0.449. The maximum atomic E-state index is 8.49. The van der Waals surface area contributed by atoms with Crippen molar-refractivity contribution in [2.75, 3.05) is 7.11 Å². The van der Waals surface area contributed by atoms with Gasteiger partial charge in [-0.25, -0.2) is 23.1 Å². The molecule has 0 atom stereocenters. The molecule has 7 heteroatoms. The van der Waals surface area contributed by atoms with Gasteiger partial charge in [0.1, 0.15) is 5.75 Å². The number of methoxy groups -OCH3 is 1. The smallest absolute Gasteiger partial charge is 0.361 e. The third-order valence-electron chi connectivity index (χ3n) is 4.33. The summed E-state index contributed by atoms with van der Waals surface area (Å²) in [6.07, 6.45) is 0. The van der Waals surface area contributed by atoms with E-state index in [1.165, 1.54) is 0 Å². The minimum Gasteiger partial charge on any atom is -0.497 e. The topological polar surface area (TPSA) is 113 Å². The number of halogens is 1. The molecule has 0 saturated heterocycles. The minimum atomic E-state index is -4.94. The van der Waals surface area contributed by atoms with Crippen molar-refractivity contribution in [2.45, 2.75) is 0 Å². The molecule has 6 nitrogen and oxygen atoms in total. The van der Waals surface area contributed by atoms with E-state index in [1.54, 1.807) is 7.11 Å². The monoisotopic (exact) mass is 438 g/mol. The zero-order valence-electron chi connectivity index (χ0n) is 16.6. The highest BCUT2D eigenvalue weighted by molar-refractivity contribution is 5.74. The molecule has 0 aliphatic rings. The molecule has 4 rings (SSSR count). The van der Waals surface area contributed by atoms with Gasteiger partial charge in [-0.05, 0) is 42.0 Å². The van der Waals surface area contributed by atoms with Crippen molar-refractivity contribution in [3.63, 3.8) is 0 Å². The molecule has 0 unspecified atom stereocenters. The van der Waals surface area contributed by atoms with Crippen molar-refractivity contribution in [3.05, 3.63) is 97.1 Å². The van der Waals surface area contributed by atoms with Crippen LogP contribution in [0.3, 0.4) is 0 Å². The number of benzene rings is 3. The predicted molar refractivity (Wildman–Crippen MR) is 106 cm³/mol. The summed E-state index contributed by atoms with van der Waals surface area (Å²) in [5.41, 5.74) is 4.36. The van der Waals surface area contributed by atoms with Crippen molar-refractivity contribution in [1.82, 2.24) is 0 Å². The number of hydrogen-bond donors (Lipinski definition) is 0. The van der Waals surface area contributed by atoms with Gasteiger partial charge in [0.2, 0.25) is 0 Å². The van der Waals surface area contributed by atoms with Crippen molar-refractivity contribution >= 4 is 0 Å². The normalized spacial score (nSPS) is 10.7. The van der Waals surface area contributed by atoms with Crippen LogP contribution in [0.2, 0.25) is 0 Å². The highest BCUT2D eigenvalue weighted by Crippen LogP contribution is 2.33. The van der Waals surface area contributed by atoms with Crippen LogP contribution in [0.15, 0.2) is 101 Å². The number of hydrogen-bond acceptors (Lipinski definition) is 5. The van der Waals surface area contributed by atoms with Crippen molar-refractivity contribution in [3.8, 4) is 39.5 Å². The van der Waals surface area contributed by atoms with Gasteiger partial charge in [0.15, 0.2) is 0 Å². The second-order valence-electron chi connectivity index (χ2n) is 6.41. The summed E-state index contributed by atoms with van der Waals surface area (Å²) < 4.78 is 45.5. The van der Waals surface area contributed by atoms with E-state index >= 15 is 0 Å². The minimum absolute atomic E-state index is 0.827. The Morgan fingerprint density at radius 3 is 1.45 bits per heavy atom. The average molecular weight is 439 g/mol. The zero-order valence-corrected chi connectivity index (χ0v) is 17.3. The van der Waals surface area contributed by atoms with E-state index < -0.39 is 10.2 Å². The lowest BCUT2D eigenvalue weighted by Gasteiger charge is -2.17. The molecule has 4 aromatic rings. The number of ether oxygens (including phenoxy) is 1. The molecule has 158 valence electrons. The molecular formula is C24H19ClO6. The van der Waals surface area contributed by atoms with Crippen molar-refractivity contribution in [2.24, 2.45) is 0 Å². The Labute approximate surface area is 182 Å². The Balaban J connectivity index is 0.000000491. The van der Waals surface area contributed by atoms with Gasteiger partial charge < -0.3 is 4.74 Å². The molecule has 1 heterocycles. The maximum absolute atomic E-state index is 8.49. The van der Waals surface area contributed by atoms with E-state index in [1.807, 2.05) is 48.5 Å². The molecule has 0 aliphatic carbocycles. The number of rotatable bonds is 4. The standard InChI is InChI=1S/C24H19O2.ClHO4/c1-25-22-14-12-20(13-15-22)24-17-21(18-8-4-2-5-9-18)16-23(26-24)19-10-6-3-7-11-19;2-1(3,4)5/h2-17H,1H3;(H,2,3,4,5)/q+1;/p-1. The Morgan fingerprint density at radius 1 is 0.581 bits per heavy atom. The van der Waals surface area contributed by atoms with Crippen LogP contribution in [0, 0.1) is 10.2 Å². The first-order valence-electron chi connectivity index (χ1n) is 9.19. The van der Waals surface area contributed by atoms with Gasteiger partial charge in [-0.2, -0.15) is 0 Å². The molecule has 0 aliphatic heterocycles. The second-order valence-corrected chi connectivity index (χ2v) is 7.17. The van der Waals surface area contributed by atoms with E-state index in [4.69, 9.17) is 27.8 Å². The highest BCUT2D eigenvalue weighted by Gasteiger charge is 2.20. The Morgan fingerprint density at radius 2 is 1.00 bits per heavy atom. The van der Waals surface area contributed by atoms with Crippen LogP contribution in [-0.4, -0.2) is 7.11 Å². The molecule has 0 spiro atoms. The van der Waals surface area contributed by atoms with Gasteiger partial charge >= 0.3 is 11.5 Å². The van der Waals surface area contributed by atoms with Gasteiger partial charge in [-0.3, -0.25) is 0 Å². The third-order valence-corrected chi connectivity index (χ3v) is 4.33. The molecule has 0 bridgehead atoms. The molecule has 1 aromatic heterocycles. The van der Waals surface area contributed by atoms with Crippen LogP contribution in [0.1, 0.15) is 0 Å². The van der Waals surface area contributed by atoms with Gasteiger partial charge in [-0.15, -0.1) is 10.2 Å². The Bertz CT molecular complexity index is 1030. The van der Waals surface area contributed by atoms with Crippen LogP contribution in [0.5, 0.6) is 5.75 Å².